The first-order valence-electron chi connectivity index (χ1n) is 11.7. The number of allylic oxidation sites excluding steroid dienone is 1. The van der Waals surface area contributed by atoms with Crippen LogP contribution in [0.2, 0.25) is 0 Å². The zero-order valence-electron chi connectivity index (χ0n) is 17.9. The molecule has 29 heavy (non-hydrogen) atoms. The molecule has 0 N–H and O–H groups in total. The van der Waals surface area contributed by atoms with E-state index in [1.54, 1.807) is 0 Å². The van der Waals surface area contributed by atoms with Gasteiger partial charge in [0.05, 0.1) is 0 Å². The van der Waals surface area contributed by atoms with Crippen molar-refractivity contribution >= 4 is 0 Å². The third-order valence-corrected chi connectivity index (χ3v) is 7.50. The van der Waals surface area contributed by atoms with E-state index in [4.69, 9.17) is 0 Å². The Morgan fingerprint density at radius 2 is 1.79 bits per heavy atom. The first-order valence-corrected chi connectivity index (χ1v) is 11.7. The molecule has 0 bridgehead atoms. The lowest BCUT2D eigenvalue weighted by atomic mass is 9.76. The lowest BCUT2D eigenvalue weighted by molar-refractivity contribution is 0.318. The van der Waals surface area contributed by atoms with Gasteiger partial charge < -0.3 is 0 Å². The maximum absolute atomic E-state index is 15.1. The number of aryl methyl sites for hydroxylation is 2. The van der Waals surface area contributed by atoms with Gasteiger partial charge >= 0.3 is 0 Å². The summed E-state index contributed by atoms with van der Waals surface area (Å²) >= 11 is 0. The van der Waals surface area contributed by atoms with Crippen molar-refractivity contribution in [1.29, 1.82) is 0 Å². The predicted molar refractivity (Wildman–Crippen MR) is 121 cm³/mol. The summed E-state index contributed by atoms with van der Waals surface area (Å²) in [6.07, 6.45) is 13.5. The van der Waals surface area contributed by atoms with E-state index in [0.29, 0.717) is 11.8 Å². The van der Waals surface area contributed by atoms with Crippen molar-refractivity contribution in [2.75, 3.05) is 0 Å². The monoisotopic (exact) mass is 390 g/mol. The van der Waals surface area contributed by atoms with Crippen LogP contribution in [0, 0.1) is 11.7 Å². The average Bonchev–Trinajstić information content (AvgIpc) is 2.77. The molecular weight excluding hydrogens is 355 g/mol. The molecule has 0 aromatic heterocycles. The number of fused-ring (bicyclic) bond motifs is 1. The molecule has 1 heteroatoms. The first kappa shape index (κ1) is 20.4. The second-order valence-electron chi connectivity index (χ2n) is 9.28. The molecule has 0 heterocycles. The van der Waals surface area contributed by atoms with Crippen LogP contribution in [0.25, 0.3) is 0 Å². The molecule has 2 aliphatic rings. The van der Waals surface area contributed by atoms with Crippen molar-refractivity contribution in [3.8, 4) is 0 Å². The highest BCUT2D eigenvalue weighted by Crippen LogP contribution is 2.39. The van der Waals surface area contributed by atoms with Gasteiger partial charge in [-0.05, 0) is 109 Å². The van der Waals surface area contributed by atoms with Gasteiger partial charge in [-0.1, -0.05) is 49.8 Å². The van der Waals surface area contributed by atoms with Crippen LogP contribution in [-0.4, -0.2) is 0 Å². The molecule has 2 aromatic carbocycles. The van der Waals surface area contributed by atoms with Crippen LogP contribution >= 0.6 is 0 Å². The van der Waals surface area contributed by atoms with Gasteiger partial charge in [0.25, 0.3) is 0 Å². The Kier molecular flexibility index (Phi) is 6.53. The normalized spacial score (nSPS) is 24.1. The molecule has 0 radical (unpaired) electrons. The molecule has 154 valence electrons. The summed E-state index contributed by atoms with van der Waals surface area (Å²) in [5.41, 5.74) is 6.43. The summed E-state index contributed by atoms with van der Waals surface area (Å²) in [5.74, 6) is 1.78. The lowest BCUT2D eigenvalue weighted by Gasteiger charge is -2.29. The van der Waals surface area contributed by atoms with Gasteiger partial charge in [-0.3, -0.25) is 0 Å². The fourth-order valence-corrected chi connectivity index (χ4v) is 5.53. The number of rotatable bonds is 6. The highest BCUT2D eigenvalue weighted by Gasteiger charge is 2.25. The number of halogens is 1. The largest absolute Gasteiger partial charge is 0.207 e. The smallest absolute Gasteiger partial charge is 0.126 e. The lowest BCUT2D eigenvalue weighted by Crippen LogP contribution is -2.16. The quantitative estimate of drug-likeness (QED) is 0.440. The highest BCUT2D eigenvalue weighted by atomic mass is 19.1. The third kappa shape index (κ3) is 4.65. The molecule has 1 atom stereocenters. The predicted octanol–water partition coefficient (Wildman–Crippen LogP) is 7.90. The van der Waals surface area contributed by atoms with Crippen LogP contribution < -0.4 is 0 Å². The van der Waals surface area contributed by atoms with Gasteiger partial charge in [-0.25, -0.2) is 4.39 Å². The van der Waals surface area contributed by atoms with Crippen LogP contribution in [0.15, 0.2) is 49.1 Å². The zero-order chi connectivity index (χ0) is 20.2. The Balaban J connectivity index is 1.45. The molecule has 1 fully saturated rings. The summed E-state index contributed by atoms with van der Waals surface area (Å²) in [5, 5.41) is 0. The standard InChI is InChI=1S/C28H35F/c1-3-5-6-21-9-12-24-18-26(14-13-23(24)17-21)27-16-15-25(19-28(27)29)22-10-7-20(4-2)8-11-22/h3,9,12,15-17,19-20,22,26H,1,4-8,10-11,13-14,18H2,2H3. The Morgan fingerprint density at radius 1 is 0.966 bits per heavy atom. The van der Waals surface area contributed by atoms with Crippen molar-refractivity contribution < 1.29 is 4.39 Å². The van der Waals surface area contributed by atoms with Crippen LogP contribution in [0.3, 0.4) is 0 Å². The summed E-state index contributed by atoms with van der Waals surface area (Å²) < 4.78 is 15.1. The molecule has 0 amide bonds. The van der Waals surface area contributed by atoms with Gasteiger partial charge in [0.1, 0.15) is 5.82 Å². The van der Waals surface area contributed by atoms with Crippen LogP contribution in [-0.2, 0) is 19.3 Å². The van der Waals surface area contributed by atoms with E-state index in [2.05, 4.69) is 43.8 Å². The van der Waals surface area contributed by atoms with Gasteiger partial charge in [0.2, 0.25) is 0 Å². The second kappa shape index (κ2) is 9.28. The average molecular weight is 391 g/mol. The summed E-state index contributed by atoms with van der Waals surface area (Å²) in [6, 6.07) is 13.1. The third-order valence-electron chi connectivity index (χ3n) is 7.50. The molecule has 2 aromatic rings. The van der Waals surface area contributed by atoms with E-state index in [9.17, 15) is 0 Å². The first-order chi connectivity index (χ1) is 14.2. The number of hydrogen-bond acceptors (Lipinski definition) is 0. The minimum atomic E-state index is 0.0242. The molecule has 1 saturated carbocycles. The summed E-state index contributed by atoms with van der Waals surface area (Å²) in [6.45, 7) is 6.12. The topological polar surface area (TPSA) is 0 Å². The fraction of sp³-hybridized carbons (Fsp3) is 0.500. The molecule has 0 spiro atoms. The Bertz CT molecular complexity index is 841. The van der Waals surface area contributed by atoms with Crippen molar-refractivity contribution in [1.82, 2.24) is 0 Å². The molecular formula is C28H35F. The van der Waals surface area contributed by atoms with Crippen molar-refractivity contribution in [3.05, 3.63) is 82.7 Å². The van der Waals surface area contributed by atoms with Crippen molar-refractivity contribution in [3.63, 3.8) is 0 Å². The molecule has 1 unspecified atom stereocenters. The van der Waals surface area contributed by atoms with Crippen molar-refractivity contribution in [2.45, 2.75) is 83.0 Å². The maximum Gasteiger partial charge on any atom is 0.126 e. The Hall–Kier alpha value is -1.89. The van der Waals surface area contributed by atoms with E-state index in [1.165, 1.54) is 54.4 Å². The van der Waals surface area contributed by atoms with Crippen LogP contribution in [0.5, 0.6) is 0 Å². The highest BCUT2D eigenvalue weighted by molar-refractivity contribution is 5.38. The van der Waals surface area contributed by atoms with Gasteiger partial charge in [-0.2, -0.15) is 0 Å². The zero-order valence-corrected chi connectivity index (χ0v) is 17.9. The van der Waals surface area contributed by atoms with Gasteiger partial charge in [0.15, 0.2) is 0 Å². The Labute approximate surface area is 176 Å². The van der Waals surface area contributed by atoms with Gasteiger partial charge in [-0.15, -0.1) is 6.58 Å². The fourth-order valence-electron chi connectivity index (χ4n) is 5.53. The molecule has 4 rings (SSSR count). The van der Waals surface area contributed by atoms with Gasteiger partial charge in [0, 0.05) is 0 Å². The molecule has 0 aliphatic heterocycles. The van der Waals surface area contributed by atoms with Crippen molar-refractivity contribution in [2.24, 2.45) is 5.92 Å². The van der Waals surface area contributed by atoms with E-state index in [-0.39, 0.29) is 5.82 Å². The number of hydrogen-bond donors (Lipinski definition) is 0. The van der Waals surface area contributed by atoms with E-state index < -0.39 is 0 Å². The second-order valence-corrected chi connectivity index (χ2v) is 9.28. The van der Waals surface area contributed by atoms with Crippen LogP contribution in [0.1, 0.15) is 91.5 Å². The maximum atomic E-state index is 15.1. The van der Waals surface area contributed by atoms with E-state index >= 15 is 4.39 Å². The van der Waals surface area contributed by atoms with Crippen LogP contribution in [0.4, 0.5) is 4.39 Å². The molecule has 0 saturated heterocycles. The SMILES string of the molecule is C=CCCc1ccc2c(c1)CCC(c1ccc(C3CCC(CC)CC3)cc1F)C2. The molecule has 2 aliphatic carbocycles. The Morgan fingerprint density at radius 3 is 2.52 bits per heavy atom. The molecule has 0 nitrogen and oxygen atoms in total. The van der Waals surface area contributed by atoms with E-state index in [0.717, 1.165) is 43.6 Å². The minimum Gasteiger partial charge on any atom is -0.207 e. The summed E-state index contributed by atoms with van der Waals surface area (Å²) in [4.78, 5) is 0. The summed E-state index contributed by atoms with van der Waals surface area (Å²) in [7, 11) is 0. The van der Waals surface area contributed by atoms with E-state index in [1.807, 2.05) is 12.1 Å². The number of benzene rings is 2. The minimum absolute atomic E-state index is 0.0242.